The maximum absolute atomic E-state index is 9.03. The lowest BCUT2D eigenvalue weighted by Gasteiger charge is -2.10. The summed E-state index contributed by atoms with van der Waals surface area (Å²) in [5.41, 5.74) is 3.27. The average Bonchev–Trinajstić information content (AvgIpc) is 2.38. The third-order valence-corrected chi connectivity index (χ3v) is 2.90. The molecule has 90 valence electrons. The summed E-state index contributed by atoms with van der Waals surface area (Å²) in [6.45, 7) is 1.93. The fourth-order valence-corrected chi connectivity index (χ4v) is 2.01. The molecule has 1 aromatic carbocycles. The molecule has 0 saturated carbocycles. The molecule has 1 N–H and O–H groups in total. The van der Waals surface area contributed by atoms with Crippen LogP contribution >= 0.6 is 11.6 Å². The molecule has 0 aliphatic carbocycles. The molecular weight excluding hydrogens is 246 g/mol. The Kier molecular flexibility index (Phi) is 3.50. The van der Waals surface area contributed by atoms with Crippen LogP contribution in [0, 0.1) is 18.3 Å². The van der Waals surface area contributed by atoms with Gasteiger partial charge in [-0.2, -0.15) is 5.26 Å². The van der Waals surface area contributed by atoms with Gasteiger partial charge in [0.1, 0.15) is 11.9 Å². The van der Waals surface area contributed by atoms with Gasteiger partial charge in [0.2, 0.25) is 0 Å². The SMILES string of the molecule is CNc1nc(-c2cccc(Cl)c2)c(C)cc1C#N. The lowest BCUT2D eigenvalue weighted by Crippen LogP contribution is -1.99. The number of pyridine rings is 1. The molecule has 0 spiro atoms. The number of halogens is 1. The highest BCUT2D eigenvalue weighted by molar-refractivity contribution is 6.30. The second-order valence-electron chi connectivity index (χ2n) is 3.92. The Morgan fingerprint density at radius 1 is 1.33 bits per heavy atom. The summed E-state index contributed by atoms with van der Waals surface area (Å²) < 4.78 is 0. The van der Waals surface area contributed by atoms with Gasteiger partial charge < -0.3 is 5.32 Å². The lowest BCUT2D eigenvalue weighted by atomic mass is 10.0. The van der Waals surface area contributed by atoms with Crippen LogP contribution in [0.3, 0.4) is 0 Å². The van der Waals surface area contributed by atoms with Crippen molar-refractivity contribution >= 4 is 17.4 Å². The molecule has 0 aliphatic rings. The van der Waals surface area contributed by atoms with Crippen molar-refractivity contribution < 1.29 is 0 Å². The van der Waals surface area contributed by atoms with Gasteiger partial charge in [0.25, 0.3) is 0 Å². The number of nitrogens with one attached hydrogen (secondary N) is 1. The predicted octanol–water partition coefficient (Wildman–Crippen LogP) is 3.62. The van der Waals surface area contributed by atoms with Gasteiger partial charge in [0, 0.05) is 17.6 Å². The fraction of sp³-hybridized carbons (Fsp3) is 0.143. The Morgan fingerprint density at radius 2 is 2.11 bits per heavy atom. The zero-order valence-electron chi connectivity index (χ0n) is 10.2. The molecule has 0 atom stereocenters. The first-order valence-corrected chi connectivity index (χ1v) is 5.89. The van der Waals surface area contributed by atoms with E-state index in [1.807, 2.05) is 37.3 Å². The minimum absolute atomic E-state index is 0.542. The highest BCUT2D eigenvalue weighted by Crippen LogP contribution is 2.27. The Labute approximate surface area is 111 Å². The van der Waals surface area contributed by atoms with Crippen LogP contribution in [0.25, 0.3) is 11.3 Å². The highest BCUT2D eigenvalue weighted by Gasteiger charge is 2.10. The van der Waals surface area contributed by atoms with Crippen molar-refractivity contribution in [3.8, 4) is 17.3 Å². The number of aryl methyl sites for hydroxylation is 1. The molecule has 0 radical (unpaired) electrons. The molecule has 0 fully saturated rings. The van der Waals surface area contributed by atoms with E-state index in [0.717, 1.165) is 16.8 Å². The van der Waals surface area contributed by atoms with E-state index in [1.54, 1.807) is 7.05 Å². The summed E-state index contributed by atoms with van der Waals surface area (Å²) in [6.07, 6.45) is 0. The third kappa shape index (κ3) is 2.29. The van der Waals surface area contributed by atoms with Crippen molar-refractivity contribution in [1.82, 2.24) is 4.98 Å². The maximum Gasteiger partial charge on any atom is 0.144 e. The van der Waals surface area contributed by atoms with Crippen LogP contribution in [0.4, 0.5) is 5.82 Å². The highest BCUT2D eigenvalue weighted by atomic mass is 35.5. The second kappa shape index (κ2) is 5.07. The normalized spacial score (nSPS) is 9.89. The minimum Gasteiger partial charge on any atom is -0.372 e. The topological polar surface area (TPSA) is 48.7 Å². The summed E-state index contributed by atoms with van der Waals surface area (Å²) in [5, 5.41) is 12.6. The molecule has 0 bridgehead atoms. The molecule has 1 heterocycles. The number of nitriles is 1. The van der Waals surface area contributed by atoms with Crippen LogP contribution in [-0.2, 0) is 0 Å². The number of hydrogen-bond acceptors (Lipinski definition) is 3. The van der Waals surface area contributed by atoms with E-state index in [1.165, 1.54) is 0 Å². The summed E-state index contributed by atoms with van der Waals surface area (Å²) in [5.74, 6) is 0.582. The van der Waals surface area contributed by atoms with Crippen molar-refractivity contribution in [2.45, 2.75) is 6.92 Å². The average molecular weight is 258 g/mol. The first-order valence-electron chi connectivity index (χ1n) is 5.51. The quantitative estimate of drug-likeness (QED) is 0.894. The smallest absolute Gasteiger partial charge is 0.144 e. The monoisotopic (exact) mass is 257 g/mol. The van der Waals surface area contributed by atoms with Gasteiger partial charge in [-0.05, 0) is 30.7 Å². The Hall–Kier alpha value is -2.05. The molecule has 0 aliphatic heterocycles. The largest absolute Gasteiger partial charge is 0.372 e. The molecule has 2 aromatic rings. The number of benzene rings is 1. The maximum atomic E-state index is 9.03. The van der Waals surface area contributed by atoms with E-state index in [4.69, 9.17) is 16.9 Å². The summed E-state index contributed by atoms with van der Waals surface area (Å²) >= 11 is 5.98. The van der Waals surface area contributed by atoms with Crippen molar-refractivity contribution in [1.29, 1.82) is 5.26 Å². The summed E-state index contributed by atoms with van der Waals surface area (Å²) in [4.78, 5) is 4.48. The van der Waals surface area contributed by atoms with Crippen molar-refractivity contribution in [2.24, 2.45) is 0 Å². The van der Waals surface area contributed by atoms with Gasteiger partial charge in [0.05, 0.1) is 11.3 Å². The molecule has 0 amide bonds. The molecule has 0 saturated heterocycles. The fourth-order valence-electron chi connectivity index (χ4n) is 1.82. The van der Waals surface area contributed by atoms with Gasteiger partial charge >= 0.3 is 0 Å². The number of rotatable bonds is 2. The minimum atomic E-state index is 0.542. The van der Waals surface area contributed by atoms with Gasteiger partial charge in [-0.15, -0.1) is 0 Å². The van der Waals surface area contributed by atoms with E-state index < -0.39 is 0 Å². The molecule has 18 heavy (non-hydrogen) atoms. The third-order valence-electron chi connectivity index (χ3n) is 2.67. The molecule has 0 unspecified atom stereocenters. The van der Waals surface area contributed by atoms with Gasteiger partial charge in [-0.3, -0.25) is 0 Å². The Balaban J connectivity index is 2.62. The Bertz CT molecular complexity index is 629. The van der Waals surface area contributed by atoms with Crippen LogP contribution in [0.5, 0.6) is 0 Å². The number of anilines is 1. The molecule has 4 heteroatoms. The molecular formula is C14H12ClN3. The van der Waals surface area contributed by atoms with Crippen LogP contribution in [0.1, 0.15) is 11.1 Å². The summed E-state index contributed by atoms with van der Waals surface area (Å²) in [7, 11) is 1.75. The first kappa shape index (κ1) is 12.4. The zero-order chi connectivity index (χ0) is 13.1. The van der Waals surface area contributed by atoms with Crippen LogP contribution in [-0.4, -0.2) is 12.0 Å². The van der Waals surface area contributed by atoms with Gasteiger partial charge in [-0.25, -0.2) is 4.98 Å². The van der Waals surface area contributed by atoms with E-state index in [9.17, 15) is 0 Å². The number of aromatic nitrogens is 1. The summed E-state index contributed by atoms with van der Waals surface area (Å²) in [6, 6.07) is 11.5. The van der Waals surface area contributed by atoms with E-state index >= 15 is 0 Å². The zero-order valence-corrected chi connectivity index (χ0v) is 10.9. The Morgan fingerprint density at radius 3 is 2.72 bits per heavy atom. The second-order valence-corrected chi connectivity index (χ2v) is 4.36. The molecule has 1 aromatic heterocycles. The number of hydrogen-bond donors (Lipinski definition) is 1. The van der Waals surface area contributed by atoms with Crippen LogP contribution in [0.15, 0.2) is 30.3 Å². The van der Waals surface area contributed by atoms with E-state index in [-0.39, 0.29) is 0 Å². The number of nitrogens with zero attached hydrogens (tertiary/aromatic N) is 2. The van der Waals surface area contributed by atoms with Crippen LogP contribution < -0.4 is 5.32 Å². The van der Waals surface area contributed by atoms with Gasteiger partial charge in [0.15, 0.2) is 0 Å². The molecule has 3 nitrogen and oxygen atoms in total. The van der Waals surface area contributed by atoms with E-state index in [2.05, 4.69) is 16.4 Å². The van der Waals surface area contributed by atoms with Crippen molar-refractivity contribution in [3.63, 3.8) is 0 Å². The standard InChI is InChI=1S/C14H12ClN3/c1-9-6-11(8-16)14(17-2)18-13(9)10-4-3-5-12(15)7-10/h3-7H,1-2H3,(H,17,18). The van der Waals surface area contributed by atoms with Crippen molar-refractivity contribution in [2.75, 3.05) is 12.4 Å². The lowest BCUT2D eigenvalue weighted by molar-refractivity contribution is 1.23. The van der Waals surface area contributed by atoms with Crippen LogP contribution in [0.2, 0.25) is 5.02 Å². The molecule has 2 rings (SSSR count). The predicted molar refractivity (Wildman–Crippen MR) is 73.7 cm³/mol. The van der Waals surface area contributed by atoms with Gasteiger partial charge in [-0.1, -0.05) is 23.7 Å². The first-order chi connectivity index (χ1) is 8.65. The van der Waals surface area contributed by atoms with Crippen molar-refractivity contribution in [3.05, 3.63) is 46.5 Å². The van der Waals surface area contributed by atoms with E-state index in [0.29, 0.717) is 16.4 Å².